The van der Waals surface area contributed by atoms with Crippen molar-refractivity contribution in [1.82, 2.24) is 0 Å². The summed E-state index contributed by atoms with van der Waals surface area (Å²) in [7, 11) is 1.59. The van der Waals surface area contributed by atoms with Gasteiger partial charge in [0.25, 0.3) is 0 Å². The fraction of sp³-hybridized carbons (Fsp3) is 0.200. The van der Waals surface area contributed by atoms with Crippen LogP contribution >= 0.6 is 15.9 Å². The van der Waals surface area contributed by atoms with Gasteiger partial charge in [-0.15, -0.1) is 0 Å². The molecule has 1 atom stereocenters. The van der Waals surface area contributed by atoms with Crippen molar-refractivity contribution in [3.8, 4) is 5.75 Å². The highest BCUT2D eigenvalue weighted by molar-refractivity contribution is 9.10. The number of hydrogen-bond donors (Lipinski definition) is 2. The molecule has 106 valence electrons. The average molecular weight is 340 g/mol. The number of methoxy groups -OCH3 is 1. The maximum Gasteiger partial charge on any atom is 0.123 e. The number of anilines is 1. The van der Waals surface area contributed by atoms with Crippen molar-refractivity contribution in [2.75, 3.05) is 19.0 Å². The Morgan fingerprint density at radius 2 is 2.10 bits per heavy atom. The van der Waals surface area contributed by atoms with E-state index in [-0.39, 0.29) is 12.4 Å². The normalized spacial score (nSPS) is 12.0. The van der Waals surface area contributed by atoms with Crippen molar-refractivity contribution >= 4 is 21.6 Å². The van der Waals surface area contributed by atoms with Gasteiger partial charge >= 0.3 is 0 Å². The van der Waals surface area contributed by atoms with Gasteiger partial charge in [0.15, 0.2) is 0 Å². The summed E-state index contributed by atoms with van der Waals surface area (Å²) in [4.78, 5) is 0. The number of aliphatic hydroxyl groups is 1. The Hall–Kier alpha value is -1.59. The predicted molar refractivity (Wildman–Crippen MR) is 80.5 cm³/mol. The van der Waals surface area contributed by atoms with Crippen LogP contribution in [0.25, 0.3) is 0 Å². The van der Waals surface area contributed by atoms with Gasteiger partial charge in [0.2, 0.25) is 0 Å². The van der Waals surface area contributed by atoms with Crippen molar-refractivity contribution in [1.29, 1.82) is 0 Å². The van der Waals surface area contributed by atoms with Crippen LogP contribution in [0.4, 0.5) is 10.1 Å². The van der Waals surface area contributed by atoms with Crippen molar-refractivity contribution in [2.24, 2.45) is 0 Å². The van der Waals surface area contributed by atoms with E-state index < -0.39 is 6.10 Å². The van der Waals surface area contributed by atoms with E-state index in [9.17, 15) is 9.50 Å². The third-order valence-electron chi connectivity index (χ3n) is 2.89. The first kappa shape index (κ1) is 14.8. The summed E-state index contributed by atoms with van der Waals surface area (Å²) in [6, 6.07) is 11.5. The van der Waals surface area contributed by atoms with E-state index in [0.717, 1.165) is 15.9 Å². The highest BCUT2D eigenvalue weighted by atomic mass is 79.9. The molecular formula is C15H15BrFNO2. The number of nitrogens with one attached hydrogen (secondary N) is 1. The number of aliphatic hydroxyl groups excluding tert-OH is 1. The molecule has 0 aliphatic rings. The molecule has 2 N–H and O–H groups in total. The highest BCUT2D eigenvalue weighted by Gasteiger charge is 2.09. The molecule has 0 heterocycles. The molecule has 0 aliphatic heterocycles. The first-order valence-electron chi connectivity index (χ1n) is 6.11. The van der Waals surface area contributed by atoms with E-state index in [1.807, 2.05) is 18.2 Å². The minimum Gasteiger partial charge on any atom is -0.497 e. The lowest BCUT2D eigenvalue weighted by Crippen LogP contribution is -2.12. The minimum absolute atomic E-state index is 0.273. The van der Waals surface area contributed by atoms with Crippen LogP contribution in [0.3, 0.4) is 0 Å². The van der Waals surface area contributed by atoms with Crippen LogP contribution < -0.4 is 10.1 Å². The summed E-state index contributed by atoms with van der Waals surface area (Å²) >= 11 is 3.42. The van der Waals surface area contributed by atoms with E-state index in [2.05, 4.69) is 21.2 Å². The summed E-state index contributed by atoms with van der Waals surface area (Å²) in [6.07, 6.45) is -0.788. The lowest BCUT2D eigenvalue weighted by molar-refractivity contribution is 0.191. The number of hydrogen-bond acceptors (Lipinski definition) is 3. The molecule has 0 saturated carbocycles. The molecule has 20 heavy (non-hydrogen) atoms. The Morgan fingerprint density at radius 3 is 2.80 bits per heavy atom. The van der Waals surface area contributed by atoms with Crippen LogP contribution in [0.1, 0.15) is 11.7 Å². The van der Waals surface area contributed by atoms with Gasteiger partial charge in [-0.2, -0.15) is 0 Å². The maximum absolute atomic E-state index is 13.1. The topological polar surface area (TPSA) is 41.5 Å². The molecule has 0 amide bonds. The van der Waals surface area contributed by atoms with Gasteiger partial charge in [-0.25, -0.2) is 4.39 Å². The molecule has 5 heteroatoms. The van der Waals surface area contributed by atoms with Crippen LogP contribution in [0.15, 0.2) is 46.9 Å². The predicted octanol–water partition coefficient (Wildman–Crippen LogP) is 3.74. The molecule has 0 aliphatic carbocycles. The van der Waals surface area contributed by atoms with Crippen LogP contribution in [-0.2, 0) is 0 Å². The van der Waals surface area contributed by atoms with Gasteiger partial charge in [0, 0.05) is 17.1 Å². The molecule has 2 aromatic rings. The summed E-state index contributed by atoms with van der Waals surface area (Å²) < 4.78 is 19.1. The van der Waals surface area contributed by atoms with E-state index in [1.54, 1.807) is 19.2 Å². The van der Waals surface area contributed by atoms with Crippen LogP contribution in [0.5, 0.6) is 5.75 Å². The quantitative estimate of drug-likeness (QED) is 0.871. The van der Waals surface area contributed by atoms with Crippen LogP contribution in [0.2, 0.25) is 0 Å². The van der Waals surface area contributed by atoms with Gasteiger partial charge in [-0.3, -0.25) is 0 Å². The molecule has 0 radical (unpaired) electrons. The van der Waals surface area contributed by atoms with Crippen LogP contribution in [0, 0.1) is 5.82 Å². The monoisotopic (exact) mass is 339 g/mol. The second kappa shape index (κ2) is 6.72. The van der Waals surface area contributed by atoms with E-state index in [4.69, 9.17) is 4.74 Å². The Morgan fingerprint density at radius 1 is 1.30 bits per heavy atom. The zero-order chi connectivity index (χ0) is 14.5. The first-order chi connectivity index (χ1) is 9.60. The van der Waals surface area contributed by atoms with E-state index in [1.165, 1.54) is 12.1 Å². The molecule has 2 aromatic carbocycles. The number of rotatable bonds is 5. The minimum atomic E-state index is -0.788. The lowest BCUT2D eigenvalue weighted by Gasteiger charge is -2.15. The molecule has 2 rings (SSSR count). The lowest BCUT2D eigenvalue weighted by atomic mass is 10.1. The maximum atomic E-state index is 13.1. The summed E-state index contributed by atoms with van der Waals surface area (Å²) in [5, 5.41) is 13.2. The van der Waals surface area contributed by atoms with E-state index in [0.29, 0.717) is 5.56 Å². The molecule has 1 unspecified atom stereocenters. The molecule has 0 fully saturated rings. The molecule has 3 nitrogen and oxygen atoms in total. The first-order valence-corrected chi connectivity index (χ1v) is 6.90. The summed E-state index contributed by atoms with van der Waals surface area (Å²) in [5.41, 5.74) is 1.34. The fourth-order valence-corrected chi connectivity index (χ4v) is 2.19. The molecule has 0 spiro atoms. The van der Waals surface area contributed by atoms with E-state index >= 15 is 0 Å². The molecular weight excluding hydrogens is 325 g/mol. The molecule has 0 aromatic heterocycles. The SMILES string of the molecule is COc1ccc(Br)c(NCC(O)c2cccc(F)c2)c1. The zero-order valence-electron chi connectivity index (χ0n) is 10.9. The number of ether oxygens (including phenoxy) is 1. The fourth-order valence-electron chi connectivity index (χ4n) is 1.81. The van der Waals surface area contributed by atoms with Crippen molar-refractivity contribution in [3.05, 3.63) is 58.3 Å². The largest absolute Gasteiger partial charge is 0.497 e. The third kappa shape index (κ3) is 3.71. The van der Waals surface area contributed by atoms with Crippen molar-refractivity contribution in [2.45, 2.75) is 6.10 Å². The number of benzene rings is 2. The summed E-state index contributed by atoms with van der Waals surface area (Å²) in [6.45, 7) is 0.273. The standard InChI is InChI=1S/C15H15BrFNO2/c1-20-12-5-6-13(16)14(8-12)18-9-15(19)10-3-2-4-11(17)7-10/h2-8,15,18-19H,9H2,1H3. The second-order valence-electron chi connectivity index (χ2n) is 4.30. The smallest absolute Gasteiger partial charge is 0.123 e. The highest BCUT2D eigenvalue weighted by Crippen LogP contribution is 2.27. The van der Waals surface area contributed by atoms with Gasteiger partial charge in [-0.05, 0) is 45.8 Å². The van der Waals surface area contributed by atoms with Gasteiger partial charge in [-0.1, -0.05) is 12.1 Å². The molecule has 0 saturated heterocycles. The Balaban J connectivity index is 2.05. The third-order valence-corrected chi connectivity index (χ3v) is 3.58. The van der Waals surface area contributed by atoms with Crippen LogP contribution in [-0.4, -0.2) is 18.8 Å². The van der Waals surface area contributed by atoms with Crippen molar-refractivity contribution in [3.63, 3.8) is 0 Å². The van der Waals surface area contributed by atoms with Crippen molar-refractivity contribution < 1.29 is 14.2 Å². The summed E-state index contributed by atoms with van der Waals surface area (Å²) in [5.74, 6) is 0.361. The zero-order valence-corrected chi connectivity index (χ0v) is 12.5. The Labute approximate surface area is 125 Å². The van der Waals surface area contributed by atoms with Gasteiger partial charge < -0.3 is 15.2 Å². The average Bonchev–Trinajstić information content (AvgIpc) is 2.46. The Kier molecular flexibility index (Phi) is 4.98. The second-order valence-corrected chi connectivity index (χ2v) is 5.15. The van der Waals surface area contributed by atoms with Gasteiger partial charge in [0.05, 0.1) is 18.9 Å². The Bertz CT molecular complexity index is 592. The van der Waals surface area contributed by atoms with Gasteiger partial charge in [0.1, 0.15) is 11.6 Å². The number of halogens is 2. The molecule has 0 bridgehead atoms.